The van der Waals surface area contributed by atoms with Gasteiger partial charge < -0.3 is 4.74 Å². The first-order valence-corrected chi connectivity index (χ1v) is 3.39. The number of methoxy groups -OCH3 is 1. The molecule has 0 saturated heterocycles. The Labute approximate surface area is 72.6 Å². The molecule has 0 unspecified atom stereocenters. The van der Waals surface area contributed by atoms with Gasteiger partial charge in [-0.3, -0.25) is 0 Å². The number of hydrogen-bond acceptors (Lipinski definition) is 3. The summed E-state index contributed by atoms with van der Waals surface area (Å²) in [7, 11) is 1.26. The van der Waals surface area contributed by atoms with Crippen molar-refractivity contribution in [2.24, 2.45) is 0 Å². The van der Waals surface area contributed by atoms with Gasteiger partial charge in [0.25, 0.3) is 0 Å². The molecule has 3 nitrogen and oxygen atoms in total. The van der Waals surface area contributed by atoms with Gasteiger partial charge in [0.05, 0.1) is 7.11 Å². The normalized spacial score (nSPS) is 11.5. The Kier molecular flexibility index (Phi) is 2.40. The Morgan fingerprint density at radius 2 is 1.92 bits per heavy atom. The van der Waals surface area contributed by atoms with Crippen molar-refractivity contribution in [3.05, 3.63) is 17.6 Å². The maximum absolute atomic E-state index is 12.2. The summed E-state index contributed by atoms with van der Waals surface area (Å²) in [6.07, 6.45) is -3.63. The van der Waals surface area contributed by atoms with Crippen LogP contribution in [0.15, 0.2) is 6.33 Å². The van der Waals surface area contributed by atoms with E-state index in [0.29, 0.717) is 0 Å². The van der Waals surface area contributed by atoms with E-state index in [9.17, 15) is 13.2 Å². The molecule has 0 aromatic carbocycles. The monoisotopic (exact) mass is 192 g/mol. The highest BCUT2D eigenvalue weighted by atomic mass is 19.4. The largest absolute Gasteiger partial charge is 0.481 e. The summed E-state index contributed by atoms with van der Waals surface area (Å²) in [4.78, 5) is 6.68. The number of halogens is 3. The smallest absolute Gasteiger partial charge is 0.433 e. The molecule has 0 aliphatic rings. The number of nitrogens with zero attached hydrogens (tertiary/aromatic N) is 2. The van der Waals surface area contributed by atoms with E-state index in [1.54, 1.807) is 0 Å². The first kappa shape index (κ1) is 9.76. The van der Waals surface area contributed by atoms with Gasteiger partial charge in [0, 0.05) is 5.56 Å². The van der Waals surface area contributed by atoms with Gasteiger partial charge in [0.15, 0.2) is 5.69 Å². The van der Waals surface area contributed by atoms with E-state index >= 15 is 0 Å². The van der Waals surface area contributed by atoms with E-state index in [2.05, 4.69) is 14.7 Å². The minimum absolute atomic E-state index is 0.0534. The van der Waals surface area contributed by atoms with Crippen LogP contribution < -0.4 is 4.74 Å². The van der Waals surface area contributed by atoms with E-state index in [1.807, 2.05) is 0 Å². The molecule has 1 aromatic heterocycles. The van der Waals surface area contributed by atoms with E-state index in [-0.39, 0.29) is 11.4 Å². The van der Waals surface area contributed by atoms with E-state index < -0.39 is 11.9 Å². The average Bonchev–Trinajstić information content (AvgIpc) is 2.02. The summed E-state index contributed by atoms with van der Waals surface area (Å²) in [5.74, 6) is -0.0534. The SMILES string of the molecule is COc1ncnc(C(F)(F)F)c1C. The van der Waals surface area contributed by atoms with Crippen LogP contribution in [0, 0.1) is 6.92 Å². The van der Waals surface area contributed by atoms with Crippen LogP contribution in [0.5, 0.6) is 5.88 Å². The lowest BCUT2D eigenvalue weighted by Gasteiger charge is -2.10. The number of aromatic nitrogens is 2. The van der Waals surface area contributed by atoms with Crippen LogP contribution in [-0.4, -0.2) is 17.1 Å². The molecule has 0 spiro atoms. The highest BCUT2D eigenvalue weighted by molar-refractivity contribution is 5.29. The van der Waals surface area contributed by atoms with Gasteiger partial charge in [0.1, 0.15) is 6.33 Å². The predicted molar refractivity (Wildman–Crippen MR) is 38.3 cm³/mol. The highest BCUT2D eigenvalue weighted by Crippen LogP contribution is 2.32. The van der Waals surface area contributed by atoms with Gasteiger partial charge in [-0.05, 0) is 6.92 Å². The highest BCUT2D eigenvalue weighted by Gasteiger charge is 2.35. The first-order chi connectivity index (χ1) is 5.96. The van der Waals surface area contributed by atoms with Gasteiger partial charge in [0.2, 0.25) is 5.88 Å². The second-order valence-electron chi connectivity index (χ2n) is 2.35. The van der Waals surface area contributed by atoms with Gasteiger partial charge >= 0.3 is 6.18 Å². The van der Waals surface area contributed by atoms with E-state index in [0.717, 1.165) is 6.33 Å². The molecule has 1 heterocycles. The lowest BCUT2D eigenvalue weighted by atomic mass is 10.2. The molecule has 6 heteroatoms. The first-order valence-electron chi connectivity index (χ1n) is 3.39. The average molecular weight is 192 g/mol. The van der Waals surface area contributed by atoms with Crippen molar-refractivity contribution in [2.75, 3.05) is 7.11 Å². The Morgan fingerprint density at radius 1 is 1.31 bits per heavy atom. The molecule has 1 aromatic rings. The van der Waals surface area contributed by atoms with Crippen LogP contribution in [0.1, 0.15) is 11.3 Å². The van der Waals surface area contributed by atoms with Gasteiger partial charge in [-0.1, -0.05) is 0 Å². The molecule has 0 aliphatic carbocycles. The molecule has 0 fully saturated rings. The summed E-state index contributed by atoms with van der Waals surface area (Å²) in [6.45, 7) is 1.27. The maximum atomic E-state index is 12.2. The molecule has 0 amide bonds. The van der Waals surface area contributed by atoms with E-state index in [4.69, 9.17) is 0 Å². The third kappa shape index (κ3) is 1.88. The zero-order valence-corrected chi connectivity index (χ0v) is 7.01. The lowest BCUT2D eigenvalue weighted by Crippen LogP contribution is -2.11. The van der Waals surface area contributed by atoms with Gasteiger partial charge in [-0.25, -0.2) is 9.97 Å². The van der Waals surface area contributed by atoms with Crippen molar-refractivity contribution in [1.82, 2.24) is 9.97 Å². The number of rotatable bonds is 1. The standard InChI is InChI=1S/C7H7F3N2O/c1-4-5(7(8,9)10)11-3-12-6(4)13-2/h3H,1-2H3. The van der Waals surface area contributed by atoms with Crippen molar-refractivity contribution >= 4 is 0 Å². The molecule has 0 bridgehead atoms. The lowest BCUT2D eigenvalue weighted by molar-refractivity contribution is -0.141. The molecule has 0 saturated carbocycles. The summed E-state index contributed by atoms with van der Waals surface area (Å²) in [5.41, 5.74) is -1.06. The summed E-state index contributed by atoms with van der Waals surface area (Å²) in [5, 5.41) is 0. The zero-order valence-electron chi connectivity index (χ0n) is 7.01. The molecule has 72 valence electrons. The van der Waals surface area contributed by atoms with Crippen molar-refractivity contribution in [1.29, 1.82) is 0 Å². The number of ether oxygens (including phenoxy) is 1. The van der Waals surface area contributed by atoms with Gasteiger partial charge in [-0.2, -0.15) is 13.2 Å². The molecule has 0 N–H and O–H groups in total. The Balaban J connectivity index is 3.24. The molecule has 0 atom stereocenters. The van der Waals surface area contributed by atoms with E-state index in [1.165, 1.54) is 14.0 Å². The number of alkyl halides is 3. The fourth-order valence-corrected chi connectivity index (χ4v) is 0.926. The Bertz CT molecular complexity index is 311. The summed E-state index contributed by atoms with van der Waals surface area (Å²) >= 11 is 0. The molecule has 1 rings (SSSR count). The Morgan fingerprint density at radius 3 is 2.38 bits per heavy atom. The predicted octanol–water partition coefficient (Wildman–Crippen LogP) is 1.81. The number of hydrogen-bond donors (Lipinski definition) is 0. The topological polar surface area (TPSA) is 35.0 Å². The third-order valence-electron chi connectivity index (χ3n) is 1.50. The second-order valence-corrected chi connectivity index (χ2v) is 2.35. The fraction of sp³-hybridized carbons (Fsp3) is 0.429. The van der Waals surface area contributed by atoms with Crippen LogP contribution in [0.4, 0.5) is 13.2 Å². The van der Waals surface area contributed by atoms with Crippen molar-refractivity contribution in [3.8, 4) is 5.88 Å². The van der Waals surface area contributed by atoms with Gasteiger partial charge in [-0.15, -0.1) is 0 Å². The molecule has 0 aliphatic heterocycles. The van der Waals surface area contributed by atoms with Crippen molar-refractivity contribution in [3.63, 3.8) is 0 Å². The fourth-order valence-electron chi connectivity index (χ4n) is 0.926. The van der Waals surface area contributed by atoms with Crippen molar-refractivity contribution in [2.45, 2.75) is 13.1 Å². The molecule has 13 heavy (non-hydrogen) atoms. The minimum Gasteiger partial charge on any atom is -0.481 e. The van der Waals surface area contributed by atoms with Crippen LogP contribution in [-0.2, 0) is 6.18 Å². The third-order valence-corrected chi connectivity index (χ3v) is 1.50. The zero-order chi connectivity index (χ0) is 10.1. The second kappa shape index (κ2) is 3.20. The molecule has 0 radical (unpaired) electrons. The maximum Gasteiger partial charge on any atom is 0.433 e. The summed E-state index contributed by atoms with van der Waals surface area (Å²) in [6, 6.07) is 0. The van der Waals surface area contributed by atoms with Crippen LogP contribution >= 0.6 is 0 Å². The molecular formula is C7H7F3N2O. The Hall–Kier alpha value is -1.33. The van der Waals surface area contributed by atoms with Crippen LogP contribution in [0.25, 0.3) is 0 Å². The van der Waals surface area contributed by atoms with Crippen molar-refractivity contribution < 1.29 is 17.9 Å². The molecular weight excluding hydrogens is 185 g/mol. The quantitative estimate of drug-likeness (QED) is 0.680. The van der Waals surface area contributed by atoms with Crippen LogP contribution in [0.2, 0.25) is 0 Å². The van der Waals surface area contributed by atoms with Crippen LogP contribution in [0.3, 0.4) is 0 Å². The summed E-state index contributed by atoms with van der Waals surface area (Å²) < 4.78 is 41.3. The minimum atomic E-state index is -4.46.